The van der Waals surface area contributed by atoms with Gasteiger partial charge in [-0.15, -0.1) is 0 Å². The highest BCUT2D eigenvalue weighted by atomic mass is 79.9. The predicted molar refractivity (Wildman–Crippen MR) is 97.1 cm³/mol. The minimum atomic E-state index is -0.343. The van der Waals surface area contributed by atoms with Crippen molar-refractivity contribution >= 4 is 33.7 Å². The molecule has 0 spiro atoms. The lowest BCUT2D eigenvalue weighted by Crippen LogP contribution is -2.42. The van der Waals surface area contributed by atoms with Gasteiger partial charge in [0.25, 0.3) is 0 Å². The Kier molecular flexibility index (Phi) is 4.56. The molecule has 0 aromatic heterocycles. The molecule has 0 radical (unpaired) electrons. The first-order valence-electron chi connectivity index (χ1n) is 8.73. The van der Waals surface area contributed by atoms with Crippen LogP contribution in [0.4, 0.5) is 0 Å². The molecule has 4 rings (SSSR count). The molecule has 3 amide bonds. The van der Waals surface area contributed by atoms with Gasteiger partial charge in [-0.05, 0) is 36.5 Å². The van der Waals surface area contributed by atoms with E-state index in [1.54, 1.807) is 0 Å². The van der Waals surface area contributed by atoms with Gasteiger partial charge < -0.3 is 10.1 Å². The summed E-state index contributed by atoms with van der Waals surface area (Å²) in [6, 6.07) is 7.43. The van der Waals surface area contributed by atoms with Crippen LogP contribution in [-0.4, -0.2) is 42.3 Å². The van der Waals surface area contributed by atoms with Gasteiger partial charge in [0.05, 0.1) is 18.4 Å². The first-order chi connectivity index (χ1) is 12.5. The van der Waals surface area contributed by atoms with Gasteiger partial charge >= 0.3 is 0 Å². The Morgan fingerprint density at radius 3 is 2.54 bits per heavy atom. The minimum Gasteiger partial charge on any atom is -0.492 e. The number of halogens is 1. The number of allylic oxidation sites excluding steroid dienone is 2. The van der Waals surface area contributed by atoms with Crippen LogP contribution in [0.5, 0.6) is 5.75 Å². The lowest BCUT2D eigenvalue weighted by atomic mass is 9.85. The zero-order valence-corrected chi connectivity index (χ0v) is 15.6. The molecular formula is C19H19BrN2O4. The molecular weight excluding hydrogens is 400 g/mol. The highest BCUT2D eigenvalue weighted by Gasteiger charge is 2.59. The van der Waals surface area contributed by atoms with Crippen LogP contribution in [0.15, 0.2) is 40.9 Å². The molecule has 3 aliphatic rings. The number of nitrogens with one attached hydrogen (secondary N) is 1. The SMILES string of the molecule is O=C(CN1C(=O)C2C3C=CC(C3)C2C1=O)NCCOc1cccc(Br)c1. The zero-order valence-electron chi connectivity index (χ0n) is 14.1. The van der Waals surface area contributed by atoms with Gasteiger partial charge in [0.2, 0.25) is 17.7 Å². The van der Waals surface area contributed by atoms with E-state index in [1.807, 2.05) is 36.4 Å². The number of likely N-dealkylation sites (tertiary alicyclic amines) is 1. The Morgan fingerprint density at radius 2 is 1.88 bits per heavy atom. The van der Waals surface area contributed by atoms with Crippen LogP contribution in [0, 0.1) is 23.7 Å². The Balaban J connectivity index is 1.25. The third-order valence-corrected chi connectivity index (χ3v) is 5.85. The van der Waals surface area contributed by atoms with Crippen molar-refractivity contribution in [3.8, 4) is 5.75 Å². The Labute approximate surface area is 159 Å². The van der Waals surface area contributed by atoms with Gasteiger partial charge in [0.15, 0.2) is 0 Å². The van der Waals surface area contributed by atoms with E-state index in [2.05, 4.69) is 21.2 Å². The second-order valence-electron chi connectivity index (χ2n) is 6.92. The Morgan fingerprint density at radius 1 is 1.19 bits per heavy atom. The summed E-state index contributed by atoms with van der Waals surface area (Å²) in [6.45, 7) is 0.408. The number of nitrogens with zero attached hydrogens (tertiary/aromatic N) is 1. The van der Waals surface area contributed by atoms with Crippen LogP contribution >= 0.6 is 15.9 Å². The van der Waals surface area contributed by atoms with Gasteiger partial charge in [0.1, 0.15) is 18.9 Å². The average Bonchev–Trinajstić information content (AvgIpc) is 3.29. The normalized spacial score (nSPS) is 28.6. The fourth-order valence-electron chi connectivity index (χ4n) is 4.24. The van der Waals surface area contributed by atoms with Crippen LogP contribution in [0.2, 0.25) is 0 Å². The molecule has 1 saturated carbocycles. The summed E-state index contributed by atoms with van der Waals surface area (Å²) in [6.07, 6.45) is 4.97. The smallest absolute Gasteiger partial charge is 0.240 e. The van der Waals surface area contributed by atoms with E-state index in [0.29, 0.717) is 18.9 Å². The number of hydrogen-bond acceptors (Lipinski definition) is 4. The first kappa shape index (κ1) is 17.3. The monoisotopic (exact) mass is 418 g/mol. The third-order valence-electron chi connectivity index (χ3n) is 5.35. The molecule has 7 heteroatoms. The number of benzene rings is 1. The molecule has 1 aliphatic heterocycles. The number of imide groups is 1. The van der Waals surface area contributed by atoms with Crippen LogP contribution < -0.4 is 10.1 Å². The summed E-state index contributed by atoms with van der Waals surface area (Å²) in [5.74, 6) is -0.231. The molecule has 136 valence electrons. The molecule has 1 aromatic carbocycles. The lowest BCUT2D eigenvalue weighted by molar-refractivity contribution is -0.144. The summed E-state index contributed by atoms with van der Waals surface area (Å²) < 4.78 is 6.46. The molecule has 1 aromatic rings. The second kappa shape index (κ2) is 6.87. The molecule has 2 bridgehead atoms. The summed E-state index contributed by atoms with van der Waals surface area (Å²) in [4.78, 5) is 38.3. The van der Waals surface area contributed by atoms with E-state index in [9.17, 15) is 14.4 Å². The van der Waals surface area contributed by atoms with Gasteiger partial charge in [-0.1, -0.05) is 34.1 Å². The Bertz CT molecular complexity index is 763. The molecule has 1 N–H and O–H groups in total. The maximum absolute atomic E-state index is 12.5. The van der Waals surface area contributed by atoms with E-state index in [0.717, 1.165) is 15.8 Å². The largest absolute Gasteiger partial charge is 0.492 e. The van der Waals surface area contributed by atoms with Crippen molar-refractivity contribution in [3.63, 3.8) is 0 Å². The van der Waals surface area contributed by atoms with Crippen LogP contribution in [0.3, 0.4) is 0 Å². The number of carbonyl (C=O) groups is 3. The molecule has 2 fully saturated rings. The van der Waals surface area contributed by atoms with Gasteiger partial charge in [-0.2, -0.15) is 0 Å². The number of ether oxygens (including phenoxy) is 1. The van der Waals surface area contributed by atoms with E-state index in [1.165, 1.54) is 0 Å². The number of hydrogen-bond donors (Lipinski definition) is 1. The zero-order chi connectivity index (χ0) is 18.3. The standard InChI is InChI=1S/C19H19BrN2O4/c20-13-2-1-3-14(9-13)26-7-6-21-15(23)10-22-18(24)16-11-4-5-12(8-11)17(16)19(22)25/h1-5,9,11-12,16-17H,6-8,10H2,(H,21,23). The topological polar surface area (TPSA) is 75.7 Å². The van der Waals surface area contributed by atoms with E-state index < -0.39 is 0 Å². The summed E-state index contributed by atoms with van der Waals surface area (Å²) in [7, 11) is 0. The Hall–Kier alpha value is -2.15. The molecule has 6 nitrogen and oxygen atoms in total. The maximum atomic E-state index is 12.5. The summed E-state index contributed by atoms with van der Waals surface area (Å²) in [5, 5.41) is 2.70. The van der Waals surface area contributed by atoms with Crippen molar-refractivity contribution in [3.05, 3.63) is 40.9 Å². The second-order valence-corrected chi connectivity index (χ2v) is 7.83. The van der Waals surface area contributed by atoms with E-state index >= 15 is 0 Å². The minimum absolute atomic E-state index is 0.160. The molecule has 26 heavy (non-hydrogen) atoms. The van der Waals surface area contributed by atoms with Crippen LogP contribution in [-0.2, 0) is 14.4 Å². The highest BCUT2D eigenvalue weighted by Crippen LogP contribution is 2.52. The van der Waals surface area contributed by atoms with Crippen molar-refractivity contribution in [2.75, 3.05) is 19.7 Å². The fraction of sp³-hybridized carbons (Fsp3) is 0.421. The van der Waals surface area contributed by atoms with Crippen molar-refractivity contribution < 1.29 is 19.1 Å². The van der Waals surface area contributed by atoms with Crippen LogP contribution in [0.25, 0.3) is 0 Å². The van der Waals surface area contributed by atoms with Crippen molar-refractivity contribution in [1.29, 1.82) is 0 Å². The van der Waals surface area contributed by atoms with Crippen molar-refractivity contribution in [2.45, 2.75) is 6.42 Å². The van der Waals surface area contributed by atoms with Gasteiger partial charge in [0, 0.05) is 4.47 Å². The number of amides is 3. The fourth-order valence-corrected chi connectivity index (χ4v) is 4.61. The quantitative estimate of drug-likeness (QED) is 0.433. The van der Waals surface area contributed by atoms with E-state index in [4.69, 9.17) is 4.74 Å². The third kappa shape index (κ3) is 3.05. The average molecular weight is 419 g/mol. The predicted octanol–water partition coefficient (Wildman–Crippen LogP) is 1.75. The van der Waals surface area contributed by atoms with Gasteiger partial charge in [-0.25, -0.2) is 0 Å². The maximum Gasteiger partial charge on any atom is 0.240 e. The van der Waals surface area contributed by atoms with Crippen LogP contribution in [0.1, 0.15) is 6.42 Å². The number of rotatable bonds is 6. The molecule has 1 saturated heterocycles. The summed E-state index contributed by atoms with van der Waals surface area (Å²) >= 11 is 3.36. The molecule has 4 unspecified atom stereocenters. The van der Waals surface area contributed by atoms with Gasteiger partial charge in [-0.3, -0.25) is 19.3 Å². The van der Waals surface area contributed by atoms with E-state index in [-0.39, 0.29) is 47.9 Å². The summed E-state index contributed by atoms with van der Waals surface area (Å²) in [5.41, 5.74) is 0. The highest BCUT2D eigenvalue weighted by molar-refractivity contribution is 9.10. The molecule has 1 heterocycles. The lowest BCUT2D eigenvalue weighted by Gasteiger charge is -2.16. The number of fused-ring (bicyclic) bond motifs is 5. The first-order valence-corrected chi connectivity index (χ1v) is 9.52. The van der Waals surface area contributed by atoms with Crippen molar-refractivity contribution in [2.24, 2.45) is 23.7 Å². The number of carbonyl (C=O) groups excluding carboxylic acids is 3. The molecule has 2 aliphatic carbocycles. The van der Waals surface area contributed by atoms with Crippen molar-refractivity contribution in [1.82, 2.24) is 10.2 Å². The molecule has 4 atom stereocenters.